The van der Waals surface area contributed by atoms with Crippen LogP contribution >= 0.6 is 11.8 Å². The van der Waals surface area contributed by atoms with Crippen LogP contribution in [0.2, 0.25) is 0 Å². The van der Waals surface area contributed by atoms with Crippen LogP contribution in [0.3, 0.4) is 0 Å². The second-order valence-electron chi connectivity index (χ2n) is 8.52. The van der Waals surface area contributed by atoms with Gasteiger partial charge in [0.05, 0.1) is 0 Å². The van der Waals surface area contributed by atoms with Gasteiger partial charge in [-0.1, -0.05) is 77.9 Å². The minimum Gasteiger partial charge on any atom is -0.355 e. The molecule has 178 valence electrons. The third kappa shape index (κ3) is 7.77. The number of likely N-dealkylation sites (N-methyl/N-ethyl adjacent to an activating group) is 1. The zero-order valence-electron chi connectivity index (χ0n) is 20.3. The Morgan fingerprint density at radius 1 is 0.853 bits per heavy atom. The molecule has 0 fully saturated rings. The van der Waals surface area contributed by atoms with Gasteiger partial charge >= 0.3 is 0 Å². The Labute approximate surface area is 207 Å². The van der Waals surface area contributed by atoms with Crippen LogP contribution in [0.4, 0.5) is 0 Å². The third-order valence-electron chi connectivity index (χ3n) is 5.70. The highest BCUT2D eigenvalue weighted by Crippen LogP contribution is 2.21. The van der Waals surface area contributed by atoms with Crippen molar-refractivity contribution in [1.82, 2.24) is 10.2 Å². The SMILES string of the molecule is CCNC(=O)[C@@H](Cc1ccccc1)N(Cc1ccc(C)cc1)C(=O)CCSc1ccc(C)cc1. The first-order chi connectivity index (χ1) is 16.5. The van der Waals surface area contributed by atoms with Crippen molar-refractivity contribution in [2.45, 2.75) is 51.1 Å². The van der Waals surface area contributed by atoms with Crippen molar-refractivity contribution in [2.24, 2.45) is 0 Å². The lowest BCUT2D eigenvalue weighted by Gasteiger charge is -2.31. The molecule has 3 aromatic carbocycles. The van der Waals surface area contributed by atoms with E-state index in [9.17, 15) is 9.59 Å². The van der Waals surface area contributed by atoms with Gasteiger partial charge in [0.2, 0.25) is 11.8 Å². The maximum atomic E-state index is 13.5. The van der Waals surface area contributed by atoms with Gasteiger partial charge in [0.1, 0.15) is 6.04 Å². The van der Waals surface area contributed by atoms with Gasteiger partial charge in [-0.3, -0.25) is 9.59 Å². The van der Waals surface area contributed by atoms with Crippen molar-refractivity contribution >= 4 is 23.6 Å². The topological polar surface area (TPSA) is 49.4 Å². The largest absolute Gasteiger partial charge is 0.355 e. The molecule has 5 heteroatoms. The molecule has 3 rings (SSSR count). The van der Waals surface area contributed by atoms with Gasteiger partial charge in [-0.15, -0.1) is 11.8 Å². The van der Waals surface area contributed by atoms with Gasteiger partial charge in [0.15, 0.2) is 0 Å². The van der Waals surface area contributed by atoms with Gasteiger partial charge in [-0.2, -0.15) is 0 Å². The van der Waals surface area contributed by atoms with Crippen LogP contribution in [0.25, 0.3) is 0 Å². The van der Waals surface area contributed by atoms with E-state index in [0.29, 0.717) is 31.7 Å². The molecule has 0 saturated heterocycles. The zero-order valence-corrected chi connectivity index (χ0v) is 21.1. The van der Waals surface area contributed by atoms with Crippen LogP contribution in [0.15, 0.2) is 83.8 Å². The number of carbonyl (C=O) groups is 2. The van der Waals surface area contributed by atoms with Crippen molar-refractivity contribution in [3.8, 4) is 0 Å². The van der Waals surface area contributed by atoms with E-state index in [1.165, 1.54) is 11.1 Å². The van der Waals surface area contributed by atoms with Crippen LogP contribution in [-0.2, 0) is 22.6 Å². The number of nitrogens with one attached hydrogen (secondary N) is 1. The van der Waals surface area contributed by atoms with Crippen LogP contribution in [-0.4, -0.2) is 35.1 Å². The second kappa shape index (κ2) is 13.0. The van der Waals surface area contributed by atoms with Gasteiger partial charge < -0.3 is 10.2 Å². The minimum atomic E-state index is -0.569. The number of rotatable bonds is 11. The molecule has 4 nitrogen and oxygen atoms in total. The predicted molar refractivity (Wildman–Crippen MR) is 141 cm³/mol. The fourth-order valence-corrected chi connectivity index (χ4v) is 4.61. The molecule has 0 radical (unpaired) electrons. The number of amides is 2. The highest BCUT2D eigenvalue weighted by Gasteiger charge is 2.29. The summed E-state index contributed by atoms with van der Waals surface area (Å²) in [5, 5.41) is 2.95. The van der Waals surface area contributed by atoms with E-state index in [4.69, 9.17) is 0 Å². The first kappa shape index (κ1) is 25.6. The Bertz CT molecular complexity index is 1050. The molecule has 0 bridgehead atoms. The van der Waals surface area contributed by atoms with Crippen molar-refractivity contribution in [3.63, 3.8) is 0 Å². The van der Waals surface area contributed by atoms with Gasteiger partial charge in [0.25, 0.3) is 0 Å². The summed E-state index contributed by atoms with van der Waals surface area (Å²) in [4.78, 5) is 29.6. The Balaban J connectivity index is 1.81. The van der Waals surface area contributed by atoms with E-state index in [0.717, 1.165) is 16.0 Å². The predicted octanol–water partition coefficient (Wildman–Crippen LogP) is 5.56. The summed E-state index contributed by atoms with van der Waals surface area (Å²) in [5.41, 5.74) is 4.44. The molecule has 0 saturated carbocycles. The molecule has 1 N–H and O–H groups in total. The molecule has 1 atom stereocenters. The summed E-state index contributed by atoms with van der Waals surface area (Å²) in [7, 11) is 0. The molecule has 3 aromatic rings. The zero-order chi connectivity index (χ0) is 24.3. The van der Waals surface area contributed by atoms with E-state index < -0.39 is 6.04 Å². The highest BCUT2D eigenvalue weighted by atomic mass is 32.2. The van der Waals surface area contributed by atoms with Crippen LogP contribution in [0.1, 0.15) is 35.6 Å². The fourth-order valence-electron chi connectivity index (χ4n) is 3.77. The second-order valence-corrected chi connectivity index (χ2v) is 9.69. The van der Waals surface area contributed by atoms with E-state index in [1.807, 2.05) is 68.4 Å². The molecule has 0 spiro atoms. The molecule has 0 aliphatic heterocycles. The average Bonchev–Trinajstić information content (AvgIpc) is 2.84. The number of benzene rings is 3. The lowest BCUT2D eigenvalue weighted by molar-refractivity contribution is -0.140. The number of hydrogen-bond acceptors (Lipinski definition) is 3. The van der Waals surface area contributed by atoms with Gasteiger partial charge in [-0.05, 0) is 44.0 Å². The monoisotopic (exact) mass is 474 g/mol. The molecule has 2 amide bonds. The lowest BCUT2D eigenvalue weighted by atomic mass is 10.0. The third-order valence-corrected chi connectivity index (χ3v) is 6.72. The van der Waals surface area contributed by atoms with Gasteiger partial charge in [0, 0.05) is 36.6 Å². The summed E-state index contributed by atoms with van der Waals surface area (Å²) >= 11 is 1.67. The fraction of sp³-hybridized carbons (Fsp3) is 0.310. The molecule has 34 heavy (non-hydrogen) atoms. The number of nitrogens with zero attached hydrogens (tertiary/aromatic N) is 1. The lowest BCUT2D eigenvalue weighted by Crippen LogP contribution is -2.50. The van der Waals surface area contributed by atoms with Crippen molar-refractivity contribution in [3.05, 3.63) is 101 Å². The Morgan fingerprint density at radius 3 is 2.09 bits per heavy atom. The first-order valence-electron chi connectivity index (χ1n) is 11.8. The summed E-state index contributed by atoms with van der Waals surface area (Å²) in [6, 6.07) is 25.8. The number of carbonyl (C=O) groups excluding carboxylic acids is 2. The van der Waals surface area contributed by atoms with Crippen molar-refractivity contribution < 1.29 is 9.59 Å². The Hall–Kier alpha value is -3.05. The Morgan fingerprint density at radius 2 is 1.47 bits per heavy atom. The quantitative estimate of drug-likeness (QED) is 0.370. The standard InChI is InChI=1S/C29H34N2O2S/c1-4-30-29(33)27(20-24-8-6-5-7-9-24)31(21-25-14-10-22(2)11-15-25)28(32)18-19-34-26-16-12-23(3)13-17-26/h5-17,27H,4,18-21H2,1-3H3,(H,30,33)/t27-/m1/s1. The van der Waals surface area contributed by atoms with Crippen LogP contribution in [0, 0.1) is 13.8 Å². The number of aryl methyl sites for hydroxylation is 2. The average molecular weight is 475 g/mol. The molecular weight excluding hydrogens is 440 g/mol. The van der Waals surface area contributed by atoms with E-state index >= 15 is 0 Å². The molecule has 0 heterocycles. The maximum Gasteiger partial charge on any atom is 0.243 e. The highest BCUT2D eigenvalue weighted by molar-refractivity contribution is 7.99. The number of thioether (sulfide) groups is 1. The van der Waals surface area contributed by atoms with Crippen LogP contribution in [0.5, 0.6) is 0 Å². The summed E-state index contributed by atoms with van der Waals surface area (Å²) < 4.78 is 0. The smallest absolute Gasteiger partial charge is 0.243 e. The van der Waals surface area contributed by atoms with E-state index in [2.05, 4.69) is 36.5 Å². The summed E-state index contributed by atoms with van der Waals surface area (Å²) in [6.45, 7) is 6.95. The van der Waals surface area contributed by atoms with Crippen molar-refractivity contribution in [2.75, 3.05) is 12.3 Å². The van der Waals surface area contributed by atoms with E-state index in [1.54, 1.807) is 16.7 Å². The number of hydrogen-bond donors (Lipinski definition) is 1. The summed E-state index contributed by atoms with van der Waals surface area (Å²) in [5.74, 6) is 0.546. The molecular formula is C29H34N2O2S. The molecule has 0 aromatic heterocycles. The minimum absolute atomic E-state index is 0.00706. The van der Waals surface area contributed by atoms with Gasteiger partial charge in [-0.25, -0.2) is 0 Å². The first-order valence-corrected chi connectivity index (χ1v) is 12.8. The normalized spacial score (nSPS) is 11.6. The molecule has 0 unspecified atom stereocenters. The van der Waals surface area contributed by atoms with Crippen molar-refractivity contribution in [1.29, 1.82) is 0 Å². The van der Waals surface area contributed by atoms with E-state index in [-0.39, 0.29) is 11.8 Å². The molecule has 0 aliphatic rings. The maximum absolute atomic E-state index is 13.5. The molecule has 0 aliphatic carbocycles. The van der Waals surface area contributed by atoms with Crippen LogP contribution < -0.4 is 5.32 Å². The Kier molecular flexibility index (Phi) is 9.77. The summed E-state index contributed by atoms with van der Waals surface area (Å²) in [6.07, 6.45) is 0.852.